The van der Waals surface area contributed by atoms with Crippen LogP contribution < -0.4 is 15.5 Å². The second-order valence-electron chi connectivity index (χ2n) is 8.44. The highest BCUT2D eigenvalue weighted by Crippen LogP contribution is 2.28. The molecule has 0 radical (unpaired) electrons. The van der Waals surface area contributed by atoms with E-state index in [0.29, 0.717) is 17.7 Å². The van der Waals surface area contributed by atoms with Crippen LogP contribution >= 0.6 is 11.6 Å². The molecule has 31 heavy (non-hydrogen) atoms. The molecule has 164 valence electrons. The minimum atomic E-state index is -0.127. The van der Waals surface area contributed by atoms with Gasteiger partial charge in [-0.1, -0.05) is 37.6 Å². The first kappa shape index (κ1) is 21.4. The molecule has 2 aromatic heterocycles. The fraction of sp³-hybridized carbons (Fsp3) is 0.455. The molecule has 1 aliphatic heterocycles. The van der Waals surface area contributed by atoms with E-state index in [1.807, 2.05) is 38.5 Å². The molecular formula is C22H28ClN7O. The Kier molecular flexibility index (Phi) is 6.00. The van der Waals surface area contributed by atoms with Gasteiger partial charge in [0.05, 0.1) is 30.1 Å². The largest absolute Gasteiger partial charge is 0.346 e. The highest BCUT2D eigenvalue weighted by atomic mass is 35.5. The van der Waals surface area contributed by atoms with Gasteiger partial charge in [-0.2, -0.15) is 4.98 Å². The first-order chi connectivity index (χ1) is 14.8. The Balaban J connectivity index is 1.48. The Labute approximate surface area is 187 Å². The second-order valence-corrected chi connectivity index (χ2v) is 8.88. The molecule has 4 rings (SSSR count). The number of urea groups is 1. The molecule has 2 aliphatic rings. The first-order valence-corrected chi connectivity index (χ1v) is 11.0. The number of allylic oxidation sites excluding steroid dienone is 4. The summed E-state index contributed by atoms with van der Waals surface area (Å²) in [5, 5.41) is 7.07. The molecule has 2 unspecified atom stereocenters. The predicted octanol–water partition coefficient (Wildman–Crippen LogP) is 4.41. The summed E-state index contributed by atoms with van der Waals surface area (Å²) in [6.45, 7) is 8.25. The average molecular weight is 442 g/mol. The van der Waals surface area contributed by atoms with Crippen LogP contribution in [-0.2, 0) is 0 Å². The lowest BCUT2D eigenvalue weighted by molar-refractivity contribution is 0.250. The number of imidazole rings is 1. The van der Waals surface area contributed by atoms with E-state index in [4.69, 9.17) is 11.6 Å². The Morgan fingerprint density at radius 2 is 2.10 bits per heavy atom. The van der Waals surface area contributed by atoms with Crippen molar-refractivity contribution in [2.45, 2.75) is 58.3 Å². The lowest BCUT2D eigenvalue weighted by atomic mass is 9.98. The van der Waals surface area contributed by atoms with Gasteiger partial charge in [0.2, 0.25) is 5.95 Å². The summed E-state index contributed by atoms with van der Waals surface area (Å²) in [5.74, 6) is 1.34. The number of carbonyl (C=O) groups is 1. The highest BCUT2D eigenvalue weighted by molar-refractivity contribution is 6.31. The van der Waals surface area contributed by atoms with Gasteiger partial charge in [-0.25, -0.2) is 14.8 Å². The normalized spacial score (nSPS) is 24.3. The maximum atomic E-state index is 12.5. The van der Waals surface area contributed by atoms with Crippen molar-refractivity contribution in [1.29, 1.82) is 0 Å². The third kappa shape index (κ3) is 4.44. The molecule has 1 saturated heterocycles. The van der Waals surface area contributed by atoms with E-state index in [-0.39, 0.29) is 30.2 Å². The Morgan fingerprint density at radius 3 is 2.81 bits per heavy atom. The molecule has 9 heteroatoms. The maximum Gasteiger partial charge on any atom is 0.323 e. The van der Waals surface area contributed by atoms with E-state index in [9.17, 15) is 4.79 Å². The molecule has 1 aliphatic carbocycles. The van der Waals surface area contributed by atoms with E-state index in [1.54, 1.807) is 17.2 Å². The third-order valence-electron chi connectivity index (χ3n) is 5.78. The molecule has 0 bridgehead atoms. The van der Waals surface area contributed by atoms with Crippen molar-refractivity contribution in [2.24, 2.45) is 5.92 Å². The van der Waals surface area contributed by atoms with Crippen LogP contribution in [0.15, 0.2) is 48.0 Å². The van der Waals surface area contributed by atoms with E-state index < -0.39 is 0 Å². The van der Waals surface area contributed by atoms with Crippen molar-refractivity contribution in [2.75, 3.05) is 10.2 Å². The summed E-state index contributed by atoms with van der Waals surface area (Å²) in [6, 6.07) is 1.84. The number of carbonyl (C=O) groups excluding carboxylic acids is 1. The summed E-state index contributed by atoms with van der Waals surface area (Å²) < 4.78 is 2.07. The van der Waals surface area contributed by atoms with Crippen LogP contribution in [-0.4, -0.2) is 37.6 Å². The molecule has 2 N–H and O–H groups in total. The van der Waals surface area contributed by atoms with Gasteiger partial charge >= 0.3 is 6.03 Å². The molecular weight excluding hydrogens is 414 g/mol. The van der Waals surface area contributed by atoms with E-state index in [1.165, 1.54) is 0 Å². The second kappa shape index (κ2) is 8.70. The number of rotatable bonds is 6. The Hall–Kier alpha value is -2.87. The minimum absolute atomic E-state index is 0.0365. The zero-order valence-electron chi connectivity index (χ0n) is 18.2. The van der Waals surface area contributed by atoms with Crippen LogP contribution in [0.3, 0.4) is 0 Å². The van der Waals surface area contributed by atoms with Crippen molar-refractivity contribution < 1.29 is 4.79 Å². The number of nitrogens with zero attached hydrogens (tertiary/aromatic N) is 5. The monoisotopic (exact) mass is 441 g/mol. The van der Waals surface area contributed by atoms with Crippen LogP contribution in [0, 0.1) is 5.92 Å². The summed E-state index contributed by atoms with van der Waals surface area (Å²) >= 11 is 6.02. The average Bonchev–Trinajstić information content (AvgIpc) is 3.33. The van der Waals surface area contributed by atoms with Gasteiger partial charge < -0.3 is 15.2 Å². The molecule has 4 atom stereocenters. The Morgan fingerprint density at radius 1 is 1.29 bits per heavy atom. The number of anilines is 2. The number of hydrogen-bond acceptors (Lipinski definition) is 5. The topological polar surface area (TPSA) is 88.0 Å². The van der Waals surface area contributed by atoms with Crippen molar-refractivity contribution in [3.05, 3.63) is 53.7 Å². The van der Waals surface area contributed by atoms with Crippen molar-refractivity contribution >= 4 is 29.4 Å². The fourth-order valence-electron chi connectivity index (χ4n) is 4.22. The molecule has 3 heterocycles. The number of amides is 2. The molecule has 2 aromatic rings. The van der Waals surface area contributed by atoms with E-state index >= 15 is 0 Å². The molecule has 0 spiro atoms. The molecule has 1 fully saturated rings. The fourth-order valence-corrected chi connectivity index (χ4v) is 4.38. The van der Waals surface area contributed by atoms with Crippen LogP contribution in [0.5, 0.6) is 0 Å². The van der Waals surface area contributed by atoms with E-state index in [0.717, 1.165) is 17.1 Å². The first-order valence-electron chi connectivity index (χ1n) is 10.6. The summed E-state index contributed by atoms with van der Waals surface area (Å²) in [5.41, 5.74) is 0.885. The predicted molar refractivity (Wildman–Crippen MR) is 122 cm³/mol. The number of hydrogen-bond donors (Lipinski definition) is 2. The van der Waals surface area contributed by atoms with Crippen LogP contribution in [0.2, 0.25) is 0 Å². The summed E-state index contributed by atoms with van der Waals surface area (Å²) in [4.78, 5) is 27.8. The highest BCUT2D eigenvalue weighted by Gasteiger charge is 2.40. The number of aromatic nitrogens is 4. The molecule has 0 aromatic carbocycles. The van der Waals surface area contributed by atoms with Gasteiger partial charge in [-0.05, 0) is 38.3 Å². The molecule has 2 amide bonds. The van der Waals surface area contributed by atoms with Gasteiger partial charge in [0.15, 0.2) is 0 Å². The molecule has 8 nitrogen and oxygen atoms in total. The zero-order chi connectivity index (χ0) is 22.1. The standard InChI is InChI=1S/C22H28ClN7O/c1-13(2)20-15(4)27-22(31)30(20)19-9-10-24-21(28-19)26-14(3)18-11-29(12-25-18)17-7-5-16(23)6-8-17/h5-7,9-15,17,20H,8H2,1-4H3,(H,27,31)(H,24,26,28)/t14-,15?,17?,20-/m0/s1. The summed E-state index contributed by atoms with van der Waals surface area (Å²) in [6.07, 6.45) is 12.4. The van der Waals surface area contributed by atoms with Crippen LogP contribution in [0.25, 0.3) is 0 Å². The number of nitrogens with one attached hydrogen (secondary N) is 2. The summed E-state index contributed by atoms with van der Waals surface area (Å²) in [7, 11) is 0. The van der Waals surface area contributed by atoms with Gasteiger partial charge in [0.1, 0.15) is 5.82 Å². The van der Waals surface area contributed by atoms with Crippen molar-refractivity contribution in [1.82, 2.24) is 24.8 Å². The minimum Gasteiger partial charge on any atom is -0.346 e. The Bertz CT molecular complexity index is 1010. The number of halogens is 1. The van der Waals surface area contributed by atoms with E-state index in [2.05, 4.69) is 50.1 Å². The maximum absolute atomic E-state index is 12.5. The smallest absolute Gasteiger partial charge is 0.323 e. The van der Waals surface area contributed by atoms with Gasteiger partial charge in [0, 0.05) is 23.5 Å². The lowest BCUT2D eigenvalue weighted by Gasteiger charge is -2.27. The van der Waals surface area contributed by atoms with Gasteiger partial charge in [-0.3, -0.25) is 4.90 Å². The van der Waals surface area contributed by atoms with Crippen molar-refractivity contribution in [3.63, 3.8) is 0 Å². The SMILES string of the molecule is CC(C)[C@H]1C(C)NC(=O)N1c1ccnc(N[C@@H](C)c2cn(C3C=CC(Cl)=CC3)cn2)n1. The third-order valence-corrected chi connectivity index (χ3v) is 6.06. The van der Waals surface area contributed by atoms with Crippen molar-refractivity contribution in [3.8, 4) is 0 Å². The molecule has 0 saturated carbocycles. The quantitative estimate of drug-likeness (QED) is 0.693. The van der Waals surface area contributed by atoms with Gasteiger partial charge in [0.25, 0.3) is 0 Å². The lowest BCUT2D eigenvalue weighted by Crippen LogP contribution is -2.40. The van der Waals surface area contributed by atoms with Crippen LogP contribution in [0.4, 0.5) is 16.6 Å². The van der Waals surface area contributed by atoms with Gasteiger partial charge in [-0.15, -0.1) is 0 Å². The zero-order valence-corrected chi connectivity index (χ0v) is 18.9. The van der Waals surface area contributed by atoms with Crippen LogP contribution in [0.1, 0.15) is 51.9 Å².